The monoisotopic (exact) mass is 529 g/mol. The van der Waals surface area contributed by atoms with Crippen LogP contribution in [0.1, 0.15) is 31.2 Å². The lowest BCUT2D eigenvalue weighted by Gasteiger charge is -2.52. The first kappa shape index (κ1) is 27.2. The molecule has 0 aromatic heterocycles. The molecule has 0 radical (unpaired) electrons. The van der Waals surface area contributed by atoms with E-state index in [1.54, 1.807) is 26.4 Å². The largest absolute Gasteiger partial charge is 0.447 e. The van der Waals surface area contributed by atoms with Crippen LogP contribution in [-0.4, -0.2) is 105 Å². The van der Waals surface area contributed by atoms with Crippen molar-refractivity contribution in [1.29, 1.82) is 0 Å². The molecule has 0 aliphatic carbocycles. The Bertz CT molecular complexity index is 1020. The summed E-state index contributed by atoms with van der Waals surface area (Å²) in [7, 11) is 3.19. The van der Waals surface area contributed by atoms with Crippen LogP contribution < -0.4 is 5.32 Å². The summed E-state index contributed by atoms with van der Waals surface area (Å²) >= 11 is 0. The summed E-state index contributed by atoms with van der Waals surface area (Å²) in [6, 6.07) is 7.30. The average Bonchev–Trinajstić information content (AvgIpc) is 2.94. The number of carbonyl (C=O) groups is 3. The Morgan fingerprint density at radius 2 is 1.32 bits per heavy atom. The molecule has 0 unspecified atom stereocenters. The van der Waals surface area contributed by atoms with E-state index < -0.39 is 17.2 Å². The minimum absolute atomic E-state index is 0.0181. The number of ether oxygens (including phenoxy) is 4. The van der Waals surface area contributed by atoms with E-state index >= 15 is 0 Å². The molecule has 0 saturated carbocycles. The molecule has 1 amide bonds. The Hall–Kier alpha value is -2.37. The van der Waals surface area contributed by atoms with E-state index in [2.05, 4.69) is 15.1 Å². The fraction of sp³-hybridized carbons (Fsp3) is 0.679. The second kappa shape index (κ2) is 11.4. The highest BCUT2D eigenvalue weighted by atomic mass is 16.6. The second-order valence-corrected chi connectivity index (χ2v) is 11.1. The Morgan fingerprint density at radius 3 is 1.79 bits per heavy atom. The summed E-state index contributed by atoms with van der Waals surface area (Å²) in [5.74, 6) is 0.476. The van der Waals surface area contributed by atoms with E-state index in [4.69, 9.17) is 18.9 Å². The lowest BCUT2D eigenvalue weighted by atomic mass is 9.74. The molecular weight excluding hydrogens is 490 g/mol. The number of methoxy groups -OCH3 is 2. The fourth-order valence-corrected chi connectivity index (χ4v) is 6.78. The van der Waals surface area contributed by atoms with Gasteiger partial charge in [-0.15, -0.1) is 0 Å². The number of piperidine rings is 6. The van der Waals surface area contributed by atoms with Gasteiger partial charge in [0.05, 0.1) is 26.4 Å². The van der Waals surface area contributed by atoms with Gasteiger partial charge in [-0.05, 0) is 56.5 Å². The van der Waals surface area contributed by atoms with E-state index in [1.165, 1.54) is 0 Å². The summed E-state index contributed by atoms with van der Waals surface area (Å²) in [5, 5.41) is 2.74. The van der Waals surface area contributed by atoms with Crippen molar-refractivity contribution < 1.29 is 33.3 Å². The van der Waals surface area contributed by atoms with Crippen molar-refractivity contribution >= 4 is 23.3 Å². The van der Waals surface area contributed by atoms with Crippen molar-refractivity contribution in [2.75, 3.05) is 72.1 Å². The third-order valence-corrected chi connectivity index (χ3v) is 8.88. The number of rotatable bonds is 11. The van der Waals surface area contributed by atoms with Crippen LogP contribution in [0.5, 0.6) is 0 Å². The first-order valence-corrected chi connectivity index (χ1v) is 13.6. The van der Waals surface area contributed by atoms with Crippen LogP contribution in [0, 0.1) is 11.8 Å². The van der Waals surface area contributed by atoms with Gasteiger partial charge in [0.15, 0.2) is 11.6 Å². The zero-order valence-electron chi connectivity index (χ0n) is 22.4. The molecule has 10 nitrogen and oxygen atoms in total. The number of benzene rings is 1. The van der Waals surface area contributed by atoms with Crippen LogP contribution in [0.15, 0.2) is 24.3 Å². The third-order valence-electron chi connectivity index (χ3n) is 8.88. The molecule has 1 aromatic rings. The Morgan fingerprint density at radius 1 is 0.816 bits per heavy atom. The van der Waals surface area contributed by atoms with Gasteiger partial charge in [-0.25, -0.2) is 4.79 Å². The van der Waals surface area contributed by atoms with Crippen molar-refractivity contribution in [2.24, 2.45) is 11.8 Å². The molecular formula is C28H39N3O7. The molecule has 2 atom stereocenters. The Balaban J connectivity index is 1.12. The predicted octanol–water partition coefficient (Wildman–Crippen LogP) is 2.11. The van der Waals surface area contributed by atoms with Gasteiger partial charge in [-0.1, -0.05) is 12.1 Å². The molecule has 6 saturated heterocycles. The maximum Gasteiger partial charge on any atom is 0.411 e. The van der Waals surface area contributed by atoms with E-state index in [0.717, 1.165) is 57.4 Å². The van der Waals surface area contributed by atoms with Crippen LogP contribution in [0.4, 0.5) is 10.5 Å². The minimum Gasteiger partial charge on any atom is -0.447 e. The lowest BCUT2D eigenvalue weighted by Crippen LogP contribution is -2.69. The maximum atomic E-state index is 13.1. The van der Waals surface area contributed by atoms with Gasteiger partial charge in [-0.2, -0.15) is 0 Å². The number of anilines is 1. The van der Waals surface area contributed by atoms with Crippen LogP contribution in [-0.2, 0) is 35.1 Å². The summed E-state index contributed by atoms with van der Waals surface area (Å²) < 4.78 is 22.4. The number of hydrogen-bond donors (Lipinski definition) is 1. The lowest BCUT2D eigenvalue weighted by molar-refractivity contribution is -0.161. The summed E-state index contributed by atoms with van der Waals surface area (Å²) in [4.78, 5) is 43.0. The smallest absolute Gasteiger partial charge is 0.411 e. The van der Waals surface area contributed by atoms with E-state index in [-0.39, 0.29) is 36.6 Å². The van der Waals surface area contributed by atoms with Crippen molar-refractivity contribution in [3.63, 3.8) is 0 Å². The SMILES string of the molecule is COC[C@@]1(COCc2ccc(NC(=O)OC[C@]3(COC)C(=O)C4CCN3CC4)cc2)C(=O)C2CCN1CC2. The van der Waals surface area contributed by atoms with Crippen LogP contribution in [0.2, 0.25) is 0 Å². The van der Waals surface area contributed by atoms with Gasteiger partial charge in [-0.3, -0.25) is 24.7 Å². The van der Waals surface area contributed by atoms with Crippen LogP contribution in [0.3, 0.4) is 0 Å². The summed E-state index contributed by atoms with van der Waals surface area (Å²) in [6.07, 6.45) is 2.94. The fourth-order valence-electron chi connectivity index (χ4n) is 6.78. The highest BCUT2D eigenvalue weighted by Crippen LogP contribution is 2.38. The highest BCUT2D eigenvalue weighted by molar-refractivity contribution is 5.93. The standard InChI is InChI=1S/C28H39N3O7/c1-35-16-27(24(32)21-7-11-30(27)12-8-21)18-37-15-20-3-5-23(6-4-20)29-26(34)38-19-28(17-36-2)25(33)22-9-13-31(28)14-10-22/h3-6,21-22H,7-19H2,1-2H3,(H,29,34)/t27-,28-/m1/s1. The molecule has 1 aromatic carbocycles. The number of amides is 1. The second-order valence-electron chi connectivity index (χ2n) is 11.1. The molecule has 10 heteroatoms. The quantitative estimate of drug-likeness (QED) is 0.461. The maximum absolute atomic E-state index is 13.1. The topological polar surface area (TPSA) is 107 Å². The summed E-state index contributed by atoms with van der Waals surface area (Å²) in [6.45, 7) is 4.58. The van der Waals surface area contributed by atoms with Crippen molar-refractivity contribution in [3.05, 3.63) is 29.8 Å². The first-order chi connectivity index (χ1) is 18.4. The molecule has 6 heterocycles. The molecule has 7 rings (SSSR count). The third kappa shape index (κ3) is 5.00. The van der Waals surface area contributed by atoms with Gasteiger partial charge in [0, 0.05) is 44.8 Å². The Kier molecular flexibility index (Phi) is 8.16. The predicted molar refractivity (Wildman–Crippen MR) is 139 cm³/mol. The molecule has 208 valence electrons. The molecule has 1 N–H and O–H groups in total. The molecule has 38 heavy (non-hydrogen) atoms. The number of fused-ring (bicyclic) bond motifs is 6. The zero-order valence-corrected chi connectivity index (χ0v) is 22.4. The van der Waals surface area contributed by atoms with Gasteiger partial charge in [0.2, 0.25) is 0 Å². The molecule has 4 bridgehead atoms. The molecule has 0 spiro atoms. The van der Waals surface area contributed by atoms with E-state index in [1.807, 2.05) is 12.1 Å². The molecule has 6 aliphatic heterocycles. The van der Waals surface area contributed by atoms with Gasteiger partial charge < -0.3 is 18.9 Å². The van der Waals surface area contributed by atoms with E-state index in [9.17, 15) is 14.4 Å². The van der Waals surface area contributed by atoms with Crippen molar-refractivity contribution in [1.82, 2.24) is 9.80 Å². The molecule has 6 fully saturated rings. The number of ketones is 2. The average molecular weight is 530 g/mol. The number of carbonyl (C=O) groups excluding carboxylic acids is 3. The highest BCUT2D eigenvalue weighted by Gasteiger charge is 2.54. The minimum atomic E-state index is -0.898. The first-order valence-electron chi connectivity index (χ1n) is 13.6. The Labute approximate surface area is 223 Å². The number of nitrogens with one attached hydrogen (secondary N) is 1. The van der Waals surface area contributed by atoms with Gasteiger partial charge in [0.25, 0.3) is 0 Å². The van der Waals surface area contributed by atoms with Crippen LogP contribution in [0.25, 0.3) is 0 Å². The van der Waals surface area contributed by atoms with Crippen LogP contribution >= 0.6 is 0 Å². The van der Waals surface area contributed by atoms with Crippen molar-refractivity contribution in [3.8, 4) is 0 Å². The number of nitrogens with zero attached hydrogens (tertiary/aromatic N) is 2. The molecule has 6 aliphatic rings. The normalized spacial score (nSPS) is 33.9. The number of Topliss-reactive ketones (excluding diaryl/α,β-unsaturated/α-hetero) is 2. The van der Waals surface area contributed by atoms with Gasteiger partial charge >= 0.3 is 6.09 Å². The van der Waals surface area contributed by atoms with E-state index in [0.29, 0.717) is 25.5 Å². The number of hydrogen-bond acceptors (Lipinski definition) is 9. The summed E-state index contributed by atoms with van der Waals surface area (Å²) in [5.41, 5.74) is -0.0877. The van der Waals surface area contributed by atoms with Crippen molar-refractivity contribution in [2.45, 2.75) is 43.4 Å². The van der Waals surface area contributed by atoms with Gasteiger partial charge in [0.1, 0.15) is 17.7 Å². The zero-order chi connectivity index (χ0) is 26.8.